The Morgan fingerprint density at radius 3 is 2.96 bits per heavy atom. The van der Waals surface area contributed by atoms with Crippen molar-refractivity contribution in [3.63, 3.8) is 0 Å². The lowest BCUT2D eigenvalue weighted by molar-refractivity contribution is 0.373. The van der Waals surface area contributed by atoms with Crippen LogP contribution in [0, 0.1) is 0 Å². The number of benzene rings is 1. The number of hydrogen-bond donors (Lipinski definition) is 3. The van der Waals surface area contributed by atoms with E-state index in [0.717, 1.165) is 50.5 Å². The molecule has 1 aromatic carbocycles. The van der Waals surface area contributed by atoms with Gasteiger partial charge in [-0.05, 0) is 43.5 Å². The number of aryl methyl sites for hydroxylation is 1. The molecule has 25 heavy (non-hydrogen) atoms. The molecule has 0 spiro atoms. The van der Waals surface area contributed by atoms with Crippen LogP contribution in [-0.2, 0) is 13.0 Å². The van der Waals surface area contributed by atoms with Crippen molar-refractivity contribution in [2.24, 2.45) is 4.99 Å². The van der Waals surface area contributed by atoms with Crippen LogP contribution in [-0.4, -0.2) is 47.6 Å². The van der Waals surface area contributed by atoms with Gasteiger partial charge in [-0.15, -0.1) is 0 Å². The minimum absolute atomic E-state index is 0.159. The summed E-state index contributed by atoms with van der Waals surface area (Å²) in [4.78, 5) is 4.58. The highest BCUT2D eigenvalue weighted by Gasteiger charge is 2.03. The lowest BCUT2D eigenvalue weighted by Gasteiger charge is -2.12. The van der Waals surface area contributed by atoms with Crippen LogP contribution in [0.2, 0.25) is 0 Å². The van der Waals surface area contributed by atoms with Crippen molar-refractivity contribution < 1.29 is 9.84 Å². The van der Waals surface area contributed by atoms with Gasteiger partial charge in [0, 0.05) is 38.6 Å². The van der Waals surface area contributed by atoms with Gasteiger partial charge in [-0.2, -0.15) is 5.10 Å². The first-order valence-corrected chi connectivity index (χ1v) is 8.58. The Bertz CT molecular complexity index is 655. The van der Waals surface area contributed by atoms with Crippen molar-refractivity contribution in [2.75, 3.05) is 26.7 Å². The quantitative estimate of drug-likeness (QED) is 0.367. The molecule has 136 valence electrons. The maximum Gasteiger partial charge on any atom is 0.191 e. The number of phenols is 1. The van der Waals surface area contributed by atoms with Gasteiger partial charge in [0.15, 0.2) is 17.5 Å². The van der Waals surface area contributed by atoms with E-state index in [9.17, 15) is 5.11 Å². The van der Waals surface area contributed by atoms with E-state index >= 15 is 0 Å². The molecule has 0 aliphatic carbocycles. The molecule has 0 fully saturated rings. The van der Waals surface area contributed by atoms with Gasteiger partial charge in [-0.3, -0.25) is 9.67 Å². The zero-order valence-electron chi connectivity index (χ0n) is 14.9. The number of nitrogens with zero attached hydrogens (tertiary/aromatic N) is 3. The third-order valence-corrected chi connectivity index (χ3v) is 3.67. The van der Waals surface area contributed by atoms with Crippen LogP contribution in [0.15, 0.2) is 41.7 Å². The summed E-state index contributed by atoms with van der Waals surface area (Å²) in [5.41, 5.74) is 1.09. The molecule has 0 radical (unpaired) electrons. The van der Waals surface area contributed by atoms with E-state index in [1.54, 1.807) is 19.4 Å². The van der Waals surface area contributed by atoms with Crippen molar-refractivity contribution >= 4 is 5.96 Å². The summed E-state index contributed by atoms with van der Waals surface area (Å²) >= 11 is 0. The van der Waals surface area contributed by atoms with E-state index < -0.39 is 0 Å². The molecule has 0 saturated heterocycles. The van der Waals surface area contributed by atoms with Gasteiger partial charge in [0.25, 0.3) is 0 Å². The first-order chi connectivity index (χ1) is 12.2. The first kappa shape index (κ1) is 18.6. The van der Waals surface area contributed by atoms with Crippen LogP contribution in [0.25, 0.3) is 0 Å². The van der Waals surface area contributed by atoms with Gasteiger partial charge >= 0.3 is 0 Å². The number of guanidine groups is 1. The normalized spacial score (nSPS) is 11.4. The second-order valence-corrected chi connectivity index (χ2v) is 5.57. The standard InChI is InChI=1S/C18H27N5O2/c1-3-19-18(20-9-4-12-23-13-5-10-22-23)21-11-8-15-6-7-16(24)17(14-15)25-2/h5-7,10,13-14,24H,3-4,8-9,11-12H2,1-2H3,(H2,19,20,21). The van der Waals surface area contributed by atoms with E-state index in [-0.39, 0.29) is 5.75 Å². The molecule has 1 heterocycles. The van der Waals surface area contributed by atoms with Gasteiger partial charge in [-0.25, -0.2) is 0 Å². The monoisotopic (exact) mass is 345 g/mol. The number of phenolic OH excluding ortho intramolecular Hbond substituents is 1. The number of aromatic hydroxyl groups is 1. The minimum Gasteiger partial charge on any atom is -0.504 e. The number of aromatic nitrogens is 2. The molecule has 7 nitrogen and oxygen atoms in total. The molecule has 2 rings (SSSR count). The molecule has 0 bridgehead atoms. The topological polar surface area (TPSA) is 83.7 Å². The Morgan fingerprint density at radius 2 is 2.24 bits per heavy atom. The molecular formula is C18H27N5O2. The predicted molar refractivity (Wildman–Crippen MR) is 99.2 cm³/mol. The maximum absolute atomic E-state index is 9.63. The van der Waals surface area contributed by atoms with Gasteiger partial charge in [0.05, 0.1) is 7.11 Å². The summed E-state index contributed by atoms with van der Waals surface area (Å²) in [6.07, 6.45) is 5.49. The van der Waals surface area contributed by atoms with Gasteiger partial charge in [0.1, 0.15) is 0 Å². The fraction of sp³-hybridized carbons (Fsp3) is 0.444. The molecule has 0 aliphatic heterocycles. The van der Waals surface area contributed by atoms with Crippen LogP contribution in [0.3, 0.4) is 0 Å². The second kappa shape index (κ2) is 10.2. The van der Waals surface area contributed by atoms with E-state index in [4.69, 9.17) is 4.74 Å². The first-order valence-electron chi connectivity index (χ1n) is 8.58. The minimum atomic E-state index is 0.159. The Hall–Kier alpha value is -2.70. The molecule has 0 aliphatic rings. The smallest absolute Gasteiger partial charge is 0.191 e. The summed E-state index contributed by atoms with van der Waals surface area (Å²) in [5, 5.41) is 20.4. The molecule has 1 aromatic heterocycles. The van der Waals surface area contributed by atoms with Crippen LogP contribution < -0.4 is 15.4 Å². The highest BCUT2D eigenvalue weighted by Crippen LogP contribution is 2.26. The highest BCUT2D eigenvalue weighted by molar-refractivity contribution is 5.79. The zero-order chi connectivity index (χ0) is 17.9. The van der Waals surface area contributed by atoms with Gasteiger partial charge in [0.2, 0.25) is 0 Å². The molecule has 0 atom stereocenters. The van der Waals surface area contributed by atoms with Crippen molar-refractivity contribution in [1.82, 2.24) is 20.4 Å². The molecule has 7 heteroatoms. The van der Waals surface area contributed by atoms with Crippen LogP contribution in [0.4, 0.5) is 0 Å². The van der Waals surface area contributed by atoms with Crippen molar-refractivity contribution in [3.05, 3.63) is 42.2 Å². The summed E-state index contributed by atoms with van der Waals surface area (Å²) in [5.74, 6) is 1.47. The van der Waals surface area contributed by atoms with Gasteiger partial charge < -0.3 is 20.5 Å². The fourth-order valence-electron chi connectivity index (χ4n) is 2.40. The number of ether oxygens (including phenoxy) is 1. The van der Waals surface area contributed by atoms with Crippen LogP contribution in [0.5, 0.6) is 11.5 Å². The van der Waals surface area contributed by atoms with E-state index in [1.165, 1.54) is 0 Å². The second-order valence-electron chi connectivity index (χ2n) is 5.57. The highest BCUT2D eigenvalue weighted by atomic mass is 16.5. The number of hydrogen-bond acceptors (Lipinski definition) is 4. The number of methoxy groups -OCH3 is 1. The Balaban J connectivity index is 1.77. The Morgan fingerprint density at radius 1 is 1.36 bits per heavy atom. The van der Waals surface area contributed by atoms with E-state index in [1.807, 2.05) is 36.0 Å². The van der Waals surface area contributed by atoms with Crippen molar-refractivity contribution in [2.45, 2.75) is 26.3 Å². The lowest BCUT2D eigenvalue weighted by Crippen LogP contribution is -2.38. The average molecular weight is 345 g/mol. The predicted octanol–water partition coefficient (Wildman–Crippen LogP) is 1.79. The van der Waals surface area contributed by atoms with Crippen LogP contribution >= 0.6 is 0 Å². The van der Waals surface area contributed by atoms with E-state index in [0.29, 0.717) is 5.75 Å². The maximum atomic E-state index is 9.63. The number of rotatable bonds is 9. The third kappa shape index (κ3) is 6.37. The average Bonchev–Trinajstić information content (AvgIpc) is 3.13. The molecule has 0 saturated carbocycles. The fourth-order valence-corrected chi connectivity index (χ4v) is 2.40. The lowest BCUT2D eigenvalue weighted by atomic mass is 10.1. The SMILES string of the molecule is CCNC(=NCCCn1cccn1)NCCc1ccc(O)c(OC)c1. The van der Waals surface area contributed by atoms with Crippen molar-refractivity contribution in [3.8, 4) is 11.5 Å². The Labute approximate surface area is 148 Å². The molecule has 2 aromatic rings. The van der Waals surface area contributed by atoms with Gasteiger partial charge in [-0.1, -0.05) is 6.07 Å². The summed E-state index contributed by atoms with van der Waals surface area (Å²) < 4.78 is 7.04. The summed E-state index contributed by atoms with van der Waals surface area (Å²) in [6, 6.07) is 7.33. The number of aliphatic imine (C=N–C) groups is 1. The summed E-state index contributed by atoms with van der Waals surface area (Å²) in [6.45, 7) is 5.22. The van der Waals surface area contributed by atoms with Crippen LogP contribution in [0.1, 0.15) is 18.9 Å². The summed E-state index contributed by atoms with van der Waals surface area (Å²) in [7, 11) is 1.55. The molecule has 3 N–H and O–H groups in total. The zero-order valence-corrected chi connectivity index (χ0v) is 14.9. The molecule has 0 amide bonds. The molecule has 0 unspecified atom stereocenters. The third-order valence-electron chi connectivity index (χ3n) is 3.67. The molecular weight excluding hydrogens is 318 g/mol. The van der Waals surface area contributed by atoms with E-state index in [2.05, 4.69) is 20.7 Å². The van der Waals surface area contributed by atoms with Crippen molar-refractivity contribution in [1.29, 1.82) is 0 Å². The Kier molecular flexibility index (Phi) is 7.62. The largest absolute Gasteiger partial charge is 0.504 e. The number of nitrogens with one attached hydrogen (secondary N) is 2.